The summed E-state index contributed by atoms with van der Waals surface area (Å²) in [4.78, 5) is 26.8. The third-order valence-corrected chi connectivity index (χ3v) is 5.90. The molecule has 1 aliphatic heterocycles. The Morgan fingerprint density at radius 2 is 1.97 bits per heavy atom. The van der Waals surface area contributed by atoms with Gasteiger partial charge in [-0.3, -0.25) is 9.59 Å². The molecule has 0 aliphatic carbocycles. The van der Waals surface area contributed by atoms with Crippen molar-refractivity contribution < 1.29 is 24.2 Å². The topological polar surface area (TPSA) is 112 Å². The first kappa shape index (κ1) is 24.0. The van der Waals surface area contributed by atoms with Gasteiger partial charge in [0.05, 0.1) is 31.4 Å². The summed E-state index contributed by atoms with van der Waals surface area (Å²) in [6.07, 6.45) is -0.994. The number of para-hydroxylation sites is 1. The van der Waals surface area contributed by atoms with E-state index >= 15 is 0 Å². The van der Waals surface area contributed by atoms with Crippen molar-refractivity contribution in [2.45, 2.75) is 18.7 Å². The Kier molecular flexibility index (Phi) is 7.41. The molecule has 1 saturated heterocycles. The van der Waals surface area contributed by atoms with Gasteiger partial charge in [0.25, 0.3) is 5.91 Å². The summed E-state index contributed by atoms with van der Waals surface area (Å²) in [5.41, 5.74) is 2.73. The van der Waals surface area contributed by atoms with Crippen LogP contribution in [0.25, 0.3) is 0 Å². The second-order valence-corrected chi connectivity index (χ2v) is 8.13. The molecule has 1 fully saturated rings. The molecule has 2 atom stereocenters. The van der Waals surface area contributed by atoms with E-state index in [1.54, 1.807) is 54.5 Å². The Morgan fingerprint density at radius 3 is 2.71 bits per heavy atom. The van der Waals surface area contributed by atoms with Crippen molar-refractivity contribution in [1.29, 1.82) is 5.26 Å². The zero-order chi connectivity index (χ0) is 24.8. The van der Waals surface area contributed by atoms with Gasteiger partial charge in [-0.15, -0.1) is 0 Å². The van der Waals surface area contributed by atoms with Gasteiger partial charge in [0.1, 0.15) is 18.5 Å². The van der Waals surface area contributed by atoms with Crippen molar-refractivity contribution in [1.82, 2.24) is 4.90 Å². The van der Waals surface area contributed by atoms with Crippen LogP contribution >= 0.6 is 0 Å². The van der Waals surface area contributed by atoms with E-state index in [0.717, 1.165) is 5.56 Å². The fraction of sp³-hybridized carbons (Fsp3) is 0.222. The summed E-state index contributed by atoms with van der Waals surface area (Å²) in [5, 5.41) is 22.9. The van der Waals surface area contributed by atoms with E-state index in [-0.39, 0.29) is 31.6 Å². The quantitative estimate of drug-likeness (QED) is 0.547. The second-order valence-electron chi connectivity index (χ2n) is 8.13. The number of amides is 2. The first-order valence-electron chi connectivity index (χ1n) is 11.1. The number of rotatable bonds is 7. The molecular weight excluding hydrogens is 446 g/mol. The molecular formula is C27H25N3O5. The van der Waals surface area contributed by atoms with E-state index in [2.05, 4.69) is 5.32 Å². The normalized spacial score (nSPS) is 16.3. The number of nitrogens with zero attached hydrogens (tertiary/aromatic N) is 2. The number of hydrogen-bond donors (Lipinski definition) is 2. The van der Waals surface area contributed by atoms with Crippen molar-refractivity contribution in [2.24, 2.45) is 0 Å². The standard InChI is InChI=1S/C27H25N3O5/c1-34-24-8-3-2-6-21(24)15-30-23(16-35-17-25(30)31)26(32)19-9-11-22(12-10-19)29-27(33)20-7-4-5-18(13-20)14-28/h2-13,23,26,32H,15-17H2,1H3,(H,29,33)/t23-,26-/m1/s1. The number of hydrogen-bond acceptors (Lipinski definition) is 6. The Bertz CT molecular complexity index is 1250. The highest BCUT2D eigenvalue weighted by molar-refractivity contribution is 6.04. The third-order valence-electron chi connectivity index (χ3n) is 5.90. The molecule has 0 bridgehead atoms. The zero-order valence-electron chi connectivity index (χ0n) is 19.2. The molecule has 2 N–H and O–H groups in total. The number of aliphatic hydroxyl groups excluding tert-OH is 1. The summed E-state index contributed by atoms with van der Waals surface area (Å²) in [6.45, 7) is 0.427. The third kappa shape index (κ3) is 5.49. The monoisotopic (exact) mass is 471 g/mol. The van der Waals surface area contributed by atoms with E-state index in [0.29, 0.717) is 28.1 Å². The Hall–Kier alpha value is -4.19. The molecule has 178 valence electrons. The number of benzene rings is 3. The molecule has 4 rings (SSSR count). The van der Waals surface area contributed by atoms with Gasteiger partial charge in [-0.1, -0.05) is 36.4 Å². The molecule has 1 heterocycles. The van der Waals surface area contributed by atoms with Crippen LogP contribution in [0.2, 0.25) is 0 Å². The minimum Gasteiger partial charge on any atom is -0.496 e. The van der Waals surface area contributed by atoms with Crippen molar-refractivity contribution in [2.75, 3.05) is 25.6 Å². The van der Waals surface area contributed by atoms with E-state index < -0.39 is 12.1 Å². The molecule has 2 amide bonds. The number of carbonyl (C=O) groups excluding carboxylic acids is 2. The molecule has 35 heavy (non-hydrogen) atoms. The van der Waals surface area contributed by atoms with E-state index in [4.69, 9.17) is 14.7 Å². The minimum absolute atomic E-state index is 0.0453. The van der Waals surface area contributed by atoms with Crippen LogP contribution in [0.15, 0.2) is 72.8 Å². The number of methoxy groups -OCH3 is 1. The van der Waals surface area contributed by atoms with Gasteiger partial charge in [0.2, 0.25) is 5.91 Å². The van der Waals surface area contributed by atoms with Crippen molar-refractivity contribution in [3.05, 3.63) is 95.1 Å². The van der Waals surface area contributed by atoms with Gasteiger partial charge in [0, 0.05) is 23.4 Å². The highest BCUT2D eigenvalue weighted by Crippen LogP contribution is 2.28. The van der Waals surface area contributed by atoms with Crippen LogP contribution in [0.4, 0.5) is 5.69 Å². The predicted octanol–water partition coefficient (Wildman–Crippen LogP) is 3.28. The maximum atomic E-state index is 12.7. The molecule has 8 heteroatoms. The number of aliphatic hydroxyl groups is 1. The molecule has 1 aliphatic rings. The molecule has 0 radical (unpaired) electrons. The molecule has 3 aromatic rings. The van der Waals surface area contributed by atoms with Crippen molar-refractivity contribution in [3.8, 4) is 11.8 Å². The van der Waals surface area contributed by atoms with Crippen molar-refractivity contribution >= 4 is 17.5 Å². The predicted molar refractivity (Wildman–Crippen MR) is 129 cm³/mol. The lowest BCUT2D eigenvalue weighted by atomic mass is 9.99. The smallest absolute Gasteiger partial charge is 0.255 e. The lowest BCUT2D eigenvalue weighted by molar-refractivity contribution is -0.155. The van der Waals surface area contributed by atoms with Gasteiger partial charge in [-0.25, -0.2) is 0 Å². The van der Waals surface area contributed by atoms with Crippen LogP contribution in [0.5, 0.6) is 5.75 Å². The average molecular weight is 472 g/mol. The molecule has 0 unspecified atom stereocenters. The number of carbonyl (C=O) groups is 2. The van der Waals surface area contributed by atoms with Gasteiger partial charge < -0.3 is 24.8 Å². The van der Waals surface area contributed by atoms with Crippen LogP contribution in [0.3, 0.4) is 0 Å². The zero-order valence-corrected chi connectivity index (χ0v) is 19.2. The lowest BCUT2D eigenvalue weighted by Crippen LogP contribution is -2.51. The number of ether oxygens (including phenoxy) is 2. The number of anilines is 1. The first-order valence-corrected chi connectivity index (χ1v) is 11.1. The number of morpholine rings is 1. The van der Waals surface area contributed by atoms with Gasteiger partial charge >= 0.3 is 0 Å². The fourth-order valence-electron chi connectivity index (χ4n) is 4.03. The van der Waals surface area contributed by atoms with Crippen molar-refractivity contribution in [3.63, 3.8) is 0 Å². The fourth-order valence-corrected chi connectivity index (χ4v) is 4.03. The Labute approximate surface area is 203 Å². The molecule has 0 aromatic heterocycles. The minimum atomic E-state index is -0.994. The van der Waals surface area contributed by atoms with Crippen LogP contribution in [0.1, 0.15) is 33.2 Å². The summed E-state index contributed by atoms with van der Waals surface area (Å²) in [6, 6.07) is 22.1. The Morgan fingerprint density at radius 1 is 1.20 bits per heavy atom. The van der Waals surface area contributed by atoms with Gasteiger partial charge in [0.15, 0.2) is 0 Å². The van der Waals surface area contributed by atoms with Crippen LogP contribution in [-0.4, -0.2) is 48.2 Å². The maximum Gasteiger partial charge on any atom is 0.255 e. The average Bonchev–Trinajstić information content (AvgIpc) is 2.90. The highest BCUT2D eigenvalue weighted by Gasteiger charge is 2.35. The second kappa shape index (κ2) is 10.8. The summed E-state index contributed by atoms with van der Waals surface area (Å²) < 4.78 is 10.9. The van der Waals surface area contributed by atoms with E-state index in [9.17, 15) is 14.7 Å². The van der Waals surface area contributed by atoms with E-state index in [1.165, 1.54) is 6.07 Å². The highest BCUT2D eigenvalue weighted by atomic mass is 16.5. The van der Waals surface area contributed by atoms with Gasteiger partial charge in [-0.2, -0.15) is 5.26 Å². The van der Waals surface area contributed by atoms with Crippen LogP contribution in [-0.2, 0) is 16.1 Å². The summed E-state index contributed by atoms with van der Waals surface area (Å²) in [7, 11) is 1.58. The number of nitriles is 1. The molecule has 3 aromatic carbocycles. The largest absolute Gasteiger partial charge is 0.496 e. The summed E-state index contributed by atoms with van der Waals surface area (Å²) >= 11 is 0. The molecule has 8 nitrogen and oxygen atoms in total. The van der Waals surface area contributed by atoms with Crippen LogP contribution in [0, 0.1) is 11.3 Å². The lowest BCUT2D eigenvalue weighted by Gasteiger charge is -2.38. The number of nitrogens with one attached hydrogen (secondary N) is 1. The summed E-state index contributed by atoms with van der Waals surface area (Å²) in [5.74, 6) is 0.111. The Balaban J connectivity index is 1.48. The first-order chi connectivity index (χ1) is 17.0. The maximum absolute atomic E-state index is 12.7. The molecule has 0 spiro atoms. The van der Waals surface area contributed by atoms with Crippen LogP contribution < -0.4 is 10.1 Å². The molecule has 0 saturated carbocycles. The SMILES string of the molecule is COc1ccccc1CN1C(=O)COC[C@@H]1[C@H](O)c1ccc(NC(=O)c2cccc(C#N)c2)cc1. The van der Waals surface area contributed by atoms with Gasteiger partial charge in [-0.05, 0) is 42.0 Å². The van der Waals surface area contributed by atoms with E-state index in [1.807, 2.05) is 30.3 Å².